The highest BCUT2D eigenvalue weighted by Crippen LogP contribution is 2.45. The normalized spacial score (nSPS) is 14.8. The van der Waals surface area contributed by atoms with Gasteiger partial charge in [0.2, 0.25) is 5.76 Å². The molecule has 1 aliphatic rings. The number of carboxylic acid groups (broad SMARTS) is 1. The summed E-state index contributed by atoms with van der Waals surface area (Å²) in [5, 5.41) is 21.3. The van der Waals surface area contributed by atoms with Crippen LogP contribution in [0.15, 0.2) is 35.0 Å². The topological polar surface area (TPSA) is 132 Å². The molecule has 0 aromatic carbocycles. The van der Waals surface area contributed by atoms with E-state index >= 15 is 0 Å². The SMILES string of the molecule is Cc1c(-c2ccc(N(CC3(c4ncccc4F)CCC3)C(=O)OC(C)(C)C)nn2)noc1C(=O)O. The Labute approximate surface area is 201 Å². The molecule has 0 bridgehead atoms. The predicted octanol–water partition coefficient (Wildman–Crippen LogP) is 4.54. The van der Waals surface area contributed by atoms with Gasteiger partial charge in [-0.2, -0.15) is 0 Å². The molecule has 0 spiro atoms. The summed E-state index contributed by atoms with van der Waals surface area (Å²) in [6, 6.07) is 6.01. The zero-order valence-corrected chi connectivity index (χ0v) is 19.9. The number of ether oxygens (including phenoxy) is 1. The van der Waals surface area contributed by atoms with Crippen LogP contribution in [0.25, 0.3) is 11.4 Å². The first-order valence-corrected chi connectivity index (χ1v) is 11.2. The zero-order chi connectivity index (χ0) is 25.4. The zero-order valence-electron chi connectivity index (χ0n) is 19.9. The van der Waals surface area contributed by atoms with Crippen LogP contribution in [0.4, 0.5) is 15.0 Å². The quantitative estimate of drug-likeness (QED) is 0.537. The van der Waals surface area contributed by atoms with Crippen molar-refractivity contribution in [2.75, 3.05) is 11.4 Å². The number of carbonyl (C=O) groups excluding carboxylic acids is 1. The smallest absolute Gasteiger partial charge is 0.416 e. The van der Waals surface area contributed by atoms with Crippen molar-refractivity contribution in [1.29, 1.82) is 0 Å². The molecular weight excluding hydrogens is 457 g/mol. The van der Waals surface area contributed by atoms with Crippen molar-refractivity contribution >= 4 is 17.9 Å². The van der Waals surface area contributed by atoms with Gasteiger partial charge in [0.1, 0.15) is 22.8 Å². The molecule has 10 nitrogen and oxygen atoms in total. The summed E-state index contributed by atoms with van der Waals surface area (Å²) in [5.74, 6) is -1.75. The van der Waals surface area contributed by atoms with Crippen LogP contribution >= 0.6 is 0 Å². The number of amides is 1. The highest BCUT2D eigenvalue weighted by Gasteiger charge is 2.45. The third-order valence-electron chi connectivity index (χ3n) is 5.93. The van der Waals surface area contributed by atoms with E-state index in [1.165, 1.54) is 23.2 Å². The highest BCUT2D eigenvalue weighted by atomic mass is 19.1. The van der Waals surface area contributed by atoms with Crippen molar-refractivity contribution < 1.29 is 28.3 Å². The Morgan fingerprint density at radius 2 is 1.97 bits per heavy atom. The molecule has 1 fully saturated rings. The molecule has 0 saturated heterocycles. The van der Waals surface area contributed by atoms with Crippen LogP contribution < -0.4 is 4.90 Å². The first kappa shape index (κ1) is 24.2. The van der Waals surface area contributed by atoms with Crippen molar-refractivity contribution in [2.24, 2.45) is 0 Å². The van der Waals surface area contributed by atoms with Crippen LogP contribution in [0, 0.1) is 12.7 Å². The van der Waals surface area contributed by atoms with Crippen LogP contribution in [0.2, 0.25) is 0 Å². The van der Waals surface area contributed by atoms with E-state index in [-0.39, 0.29) is 29.5 Å². The van der Waals surface area contributed by atoms with Gasteiger partial charge in [-0.3, -0.25) is 9.88 Å². The van der Waals surface area contributed by atoms with E-state index in [1.807, 2.05) is 0 Å². The minimum absolute atomic E-state index is 0.107. The van der Waals surface area contributed by atoms with Crippen molar-refractivity contribution in [3.8, 4) is 11.4 Å². The standard InChI is InChI=1S/C24H26FN5O5/c1-14-18(29-35-19(14)21(31)32)16-8-9-17(28-27-16)30(22(33)34-23(2,3)4)13-24(10-6-11-24)20-15(25)7-5-12-26-20/h5,7-9,12H,6,10-11,13H2,1-4H3,(H,31,32). The van der Waals surface area contributed by atoms with Crippen molar-refractivity contribution in [3.05, 3.63) is 53.3 Å². The highest BCUT2D eigenvalue weighted by molar-refractivity contribution is 5.88. The molecular formula is C24H26FN5O5. The number of halogens is 1. The molecule has 4 rings (SSSR count). The van der Waals surface area contributed by atoms with Crippen LogP contribution in [0.1, 0.15) is 61.8 Å². The molecule has 0 atom stereocenters. The first-order chi connectivity index (χ1) is 16.5. The first-order valence-electron chi connectivity index (χ1n) is 11.2. The van der Waals surface area contributed by atoms with Gasteiger partial charge in [0.25, 0.3) is 0 Å². The van der Waals surface area contributed by atoms with E-state index < -0.39 is 28.9 Å². The predicted molar refractivity (Wildman–Crippen MR) is 123 cm³/mol. The van der Waals surface area contributed by atoms with Gasteiger partial charge in [0, 0.05) is 23.7 Å². The van der Waals surface area contributed by atoms with Crippen molar-refractivity contribution in [3.63, 3.8) is 0 Å². The number of hydrogen-bond donors (Lipinski definition) is 1. The summed E-state index contributed by atoms with van der Waals surface area (Å²) >= 11 is 0. The van der Waals surface area contributed by atoms with E-state index in [4.69, 9.17) is 9.26 Å². The molecule has 3 aromatic heterocycles. The fraction of sp³-hybridized carbons (Fsp3) is 0.417. The maximum absolute atomic E-state index is 14.7. The lowest BCUT2D eigenvalue weighted by Crippen LogP contribution is -2.50. The number of rotatable bonds is 6. The summed E-state index contributed by atoms with van der Waals surface area (Å²) in [6.07, 6.45) is 3.08. The lowest BCUT2D eigenvalue weighted by atomic mass is 9.66. The average molecular weight is 484 g/mol. The minimum atomic E-state index is -1.24. The molecule has 0 aliphatic heterocycles. The van der Waals surface area contributed by atoms with Gasteiger partial charge in [-0.05, 0) is 64.8 Å². The Bertz CT molecular complexity index is 1250. The van der Waals surface area contributed by atoms with E-state index in [9.17, 15) is 19.1 Å². The number of anilines is 1. The maximum atomic E-state index is 14.7. The Hall–Kier alpha value is -3.89. The number of nitrogens with zero attached hydrogens (tertiary/aromatic N) is 5. The van der Waals surface area contributed by atoms with Crippen LogP contribution in [0.5, 0.6) is 0 Å². The Morgan fingerprint density at radius 1 is 1.23 bits per heavy atom. The Morgan fingerprint density at radius 3 is 2.49 bits per heavy atom. The number of hydrogen-bond acceptors (Lipinski definition) is 8. The van der Waals surface area contributed by atoms with E-state index in [0.29, 0.717) is 24.1 Å². The Balaban J connectivity index is 1.69. The molecule has 11 heteroatoms. The largest absolute Gasteiger partial charge is 0.475 e. The molecule has 0 unspecified atom stereocenters. The van der Waals surface area contributed by atoms with Gasteiger partial charge in [0.05, 0.1) is 5.69 Å². The summed E-state index contributed by atoms with van der Waals surface area (Å²) in [4.78, 5) is 30.1. The van der Waals surface area contributed by atoms with E-state index in [2.05, 4.69) is 20.3 Å². The number of aromatic nitrogens is 4. The summed E-state index contributed by atoms with van der Waals surface area (Å²) in [6.45, 7) is 6.92. The number of pyridine rings is 1. The molecule has 3 aromatic rings. The number of aromatic carboxylic acids is 1. The van der Waals surface area contributed by atoms with Crippen molar-refractivity contribution in [2.45, 2.75) is 58.0 Å². The fourth-order valence-corrected chi connectivity index (χ4v) is 4.08. The van der Waals surface area contributed by atoms with Gasteiger partial charge in [-0.15, -0.1) is 10.2 Å². The van der Waals surface area contributed by atoms with E-state index in [0.717, 1.165) is 6.42 Å². The minimum Gasteiger partial charge on any atom is -0.475 e. The molecule has 0 radical (unpaired) electrons. The van der Waals surface area contributed by atoms with Gasteiger partial charge in [0.15, 0.2) is 5.82 Å². The molecule has 1 aliphatic carbocycles. The summed E-state index contributed by atoms with van der Waals surface area (Å²) in [7, 11) is 0. The third-order valence-corrected chi connectivity index (χ3v) is 5.93. The van der Waals surface area contributed by atoms with Crippen LogP contribution in [-0.4, -0.2) is 49.7 Å². The third kappa shape index (κ3) is 4.84. The summed E-state index contributed by atoms with van der Waals surface area (Å²) in [5.41, 5.74) is -0.318. The van der Waals surface area contributed by atoms with Gasteiger partial charge in [-0.1, -0.05) is 11.6 Å². The molecule has 3 heterocycles. The number of carboxylic acids is 1. The maximum Gasteiger partial charge on any atom is 0.416 e. The average Bonchev–Trinajstić information content (AvgIpc) is 3.15. The molecule has 35 heavy (non-hydrogen) atoms. The molecule has 1 saturated carbocycles. The van der Waals surface area contributed by atoms with Gasteiger partial charge < -0.3 is 14.4 Å². The molecule has 1 N–H and O–H groups in total. The second-order valence-corrected chi connectivity index (χ2v) is 9.60. The van der Waals surface area contributed by atoms with Crippen LogP contribution in [-0.2, 0) is 10.2 Å². The molecule has 184 valence electrons. The Kier molecular flexibility index (Phi) is 6.27. The van der Waals surface area contributed by atoms with Crippen molar-refractivity contribution in [1.82, 2.24) is 20.3 Å². The molecule has 1 amide bonds. The van der Waals surface area contributed by atoms with Gasteiger partial charge >= 0.3 is 12.1 Å². The second kappa shape index (κ2) is 9.05. The van der Waals surface area contributed by atoms with E-state index in [1.54, 1.807) is 39.8 Å². The monoisotopic (exact) mass is 483 g/mol. The lowest BCUT2D eigenvalue weighted by molar-refractivity contribution is 0.0556. The summed E-state index contributed by atoms with van der Waals surface area (Å²) < 4.78 is 25.2. The fourth-order valence-electron chi connectivity index (χ4n) is 4.08. The number of carbonyl (C=O) groups is 2. The van der Waals surface area contributed by atoms with Gasteiger partial charge in [-0.25, -0.2) is 14.0 Å². The van der Waals surface area contributed by atoms with Crippen LogP contribution in [0.3, 0.4) is 0 Å². The second-order valence-electron chi connectivity index (χ2n) is 9.60. The lowest BCUT2D eigenvalue weighted by Gasteiger charge is -2.44.